The summed E-state index contributed by atoms with van der Waals surface area (Å²) in [5.74, 6) is 0. The van der Waals surface area contributed by atoms with Crippen LogP contribution in [0.1, 0.15) is 60.3 Å². The van der Waals surface area contributed by atoms with Crippen molar-refractivity contribution in [1.82, 2.24) is 0 Å². The lowest BCUT2D eigenvalue weighted by molar-refractivity contribution is 0.196. The molecular weight excluding hydrogens is 272 g/mol. The van der Waals surface area contributed by atoms with Gasteiger partial charge in [0.2, 0.25) is 0 Å². The van der Waals surface area contributed by atoms with Crippen LogP contribution in [0.4, 0.5) is 0 Å². The maximum absolute atomic E-state index is 10.5. The molecule has 0 aromatic carbocycles. The van der Waals surface area contributed by atoms with Crippen LogP contribution in [-0.2, 0) is 0 Å². The monoisotopic (exact) mass is 304 g/mol. The van der Waals surface area contributed by atoms with Gasteiger partial charge < -0.3 is 10.2 Å². The van der Waals surface area contributed by atoms with Crippen LogP contribution in [0.3, 0.4) is 0 Å². The highest BCUT2D eigenvalue weighted by molar-refractivity contribution is 5.27. The summed E-state index contributed by atoms with van der Waals surface area (Å²) in [5, 5.41) is 19.3. The average Bonchev–Trinajstić information content (AvgIpc) is 2.42. The van der Waals surface area contributed by atoms with Crippen LogP contribution in [0.2, 0.25) is 0 Å². The average molecular weight is 304 g/mol. The maximum atomic E-state index is 10.5. The normalized spacial score (nSPS) is 21.6. The second-order valence-electron chi connectivity index (χ2n) is 7.12. The lowest BCUT2D eigenvalue weighted by Crippen LogP contribution is -2.24. The van der Waals surface area contributed by atoms with Gasteiger partial charge in [-0.15, -0.1) is 0 Å². The van der Waals surface area contributed by atoms with E-state index in [0.717, 1.165) is 17.6 Å². The van der Waals surface area contributed by atoms with Crippen molar-refractivity contribution in [2.24, 2.45) is 5.41 Å². The Morgan fingerprint density at radius 2 is 2.00 bits per heavy atom. The zero-order valence-electron chi connectivity index (χ0n) is 14.8. The van der Waals surface area contributed by atoms with Crippen molar-refractivity contribution in [2.45, 2.75) is 66.4 Å². The maximum Gasteiger partial charge on any atom is 0.0787 e. The third-order valence-corrected chi connectivity index (χ3v) is 4.74. The molecule has 1 rings (SSSR count). The minimum atomic E-state index is -0.422. The van der Waals surface area contributed by atoms with Gasteiger partial charge in [-0.3, -0.25) is 0 Å². The molecule has 0 heterocycles. The minimum Gasteiger partial charge on any atom is -0.392 e. The molecule has 2 N–H and O–H groups in total. The fraction of sp³-hybridized carbons (Fsp3) is 0.600. The van der Waals surface area contributed by atoms with Gasteiger partial charge in [-0.05, 0) is 57.4 Å². The van der Waals surface area contributed by atoms with Crippen molar-refractivity contribution >= 4 is 0 Å². The molecular formula is C20H32O2. The van der Waals surface area contributed by atoms with E-state index in [4.69, 9.17) is 5.11 Å². The Labute approximate surface area is 135 Å². The topological polar surface area (TPSA) is 40.5 Å². The molecule has 0 saturated heterocycles. The summed E-state index contributed by atoms with van der Waals surface area (Å²) in [4.78, 5) is 0. The number of allylic oxidation sites excluding steroid dienone is 5. The SMILES string of the molecule is CC(=CC=C/C(C)=C/CO)C(O)CC1=C(C)CCCC1(C)C. The Bertz CT molecular complexity index is 490. The summed E-state index contributed by atoms with van der Waals surface area (Å²) in [6, 6.07) is 0. The predicted octanol–water partition coefficient (Wildman–Crippen LogP) is 4.71. The van der Waals surface area contributed by atoms with Crippen molar-refractivity contribution in [3.05, 3.63) is 46.6 Å². The highest BCUT2D eigenvalue weighted by atomic mass is 16.3. The lowest BCUT2D eigenvalue weighted by Gasteiger charge is -2.35. The number of rotatable bonds is 6. The first-order chi connectivity index (χ1) is 10.3. The third kappa shape index (κ3) is 5.58. The van der Waals surface area contributed by atoms with Gasteiger partial charge >= 0.3 is 0 Å². The van der Waals surface area contributed by atoms with Crippen LogP contribution in [-0.4, -0.2) is 22.9 Å². The second-order valence-corrected chi connectivity index (χ2v) is 7.12. The molecule has 0 saturated carbocycles. The second kappa shape index (κ2) is 8.50. The zero-order valence-corrected chi connectivity index (χ0v) is 14.8. The Balaban J connectivity index is 2.75. The molecule has 1 unspecified atom stereocenters. The molecule has 0 aromatic heterocycles. The zero-order chi connectivity index (χ0) is 16.8. The summed E-state index contributed by atoms with van der Waals surface area (Å²) in [5.41, 5.74) is 5.10. The van der Waals surface area contributed by atoms with E-state index < -0.39 is 6.10 Å². The van der Waals surface area contributed by atoms with E-state index >= 15 is 0 Å². The molecule has 0 amide bonds. The van der Waals surface area contributed by atoms with Crippen LogP contribution in [0.5, 0.6) is 0 Å². The summed E-state index contributed by atoms with van der Waals surface area (Å²) in [6.07, 6.45) is 11.6. The van der Waals surface area contributed by atoms with Crippen LogP contribution < -0.4 is 0 Å². The van der Waals surface area contributed by atoms with E-state index in [1.807, 2.05) is 32.1 Å². The first kappa shape index (κ1) is 18.9. The van der Waals surface area contributed by atoms with Crippen molar-refractivity contribution in [2.75, 3.05) is 6.61 Å². The van der Waals surface area contributed by atoms with Crippen molar-refractivity contribution < 1.29 is 10.2 Å². The third-order valence-electron chi connectivity index (χ3n) is 4.74. The van der Waals surface area contributed by atoms with Gasteiger partial charge in [0.05, 0.1) is 12.7 Å². The van der Waals surface area contributed by atoms with Crippen LogP contribution in [0.25, 0.3) is 0 Å². The fourth-order valence-corrected chi connectivity index (χ4v) is 3.15. The van der Waals surface area contributed by atoms with E-state index in [1.165, 1.54) is 30.4 Å². The highest BCUT2D eigenvalue weighted by Gasteiger charge is 2.29. The molecule has 124 valence electrons. The molecule has 0 spiro atoms. The van der Waals surface area contributed by atoms with Gasteiger partial charge in [0.15, 0.2) is 0 Å². The molecule has 0 fully saturated rings. The lowest BCUT2D eigenvalue weighted by atomic mass is 9.70. The fourth-order valence-electron chi connectivity index (χ4n) is 3.15. The number of hydrogen-bond acceptors (Lipinski definition) is 2. The smallest absolute Gasteiger partial charge is 0.0787 e. The van der Waals surface area contributed by atoms with Gasteiger partial charge in [0.25, 0.3) is 0 Å². The number of aliphatic hydroxyl groups is 2. The predicted molar refractivity (Wildman–Crippen MR) is 94.7 cm³/mol. The summed E-state index contributed by atoms with van der Waals surface area (Å²) in [6.45, 7) is 10.8. The van der Waals surface area contributed by atoms with E-state index in [-0.39, 0.29) is 12.0 Å². The van der Waals surface area contributed by atoms with Crippen LogP contribution in [0.15, 0.2) is 46.6 Å². The van der Waals surface area contributed by atoms with E-state index in [2.05, 4.69) is 20.8 Å². The van der Waals surface area contributed by atoms with Crippen molar-refractivity contribution in [3.8, 4) is 0 Å². The van der Waals surface area contributed by atoms with Crippen molar-refractivity contribution in [3.63, 3.8) is 0 Å². The van der Waals surface area contributed by atoms with Gasteiger partial charge in [0, 0.05) is 0 Å². The van der Waals surface area contributed by atoms with Gasteiger partial charge in [-0.1, -0.05) is 54.9 Å². The molecule has 2 nitrogen and oxygen atoms in total. The largest absolute Gasteiger partial charge is 0.392 e. The Morgan fingerprint density at radius 1 is 1.32 bits per heavy atom. The molecule has 22 heavy (non-hydrogen) atoms. The van der Waals surface area contributed by atoms with E-state index in [1.54, 1.807) is 6.08 Å². The molecule has 0 aliphatic heterocycles. The van der Waals surface area contributed by atoms with Gasteiger partial charge in [-0.25, -0.2) is 0 Å². The quantitative estimate of drug-likeness (QED) is 0.551. The number of hydrogen-bond donors (Lipinski definition) is 2. The Hall–Kier alpha value is -1.12. The summed E-state index contributed by atoms with van der Waals surface area (Å²) < 4.78 is 0. The van der Waals surface area contributed by atoms with Crippen molar-refractivity contribution in [1.29, 1.82) is 0 Å². The highest BCUT2D eigenvalue weighted by Crippen LogP contribution is 2.42. The minimum absolute atomic E-state index is 0.0595. The molecule has 0 bridgehead atoms. The van der Waals surface area contributed by atoms with E-state index in [9.17, 15) is 5.11 Å². The van der Waals surface area contributed by atoms with Crippen LogP contribution in [0, 0.1) is 5.41 Å². The standard InChI is InChI=1S/C20H32O2/c1-15(11-13-21)8-6-9-17(3)19(22)14-18-16(2)10-7-12-20(18,4)5/h6,8-9,11,19,21-22H,7,10,12-14H2,1-5H3/b8-6?,15-11+,17-9?. The Morgan fingerprint density at radius 3 is 2.59 bits per heavy atom. The molecule has 1 aliphatic rings. The molecule has 1 atom stereocenters. The molecule has 1 aliphatic carbocycles. The van der Waals surface area contributed by atoms with E-state index in [0.29, 0.717) is 0 Å². The first-order valence-electron chi connectivity index (χ1n) is 8.27. The van der Waals surface area contributed by atoms with Gasteiger partial charge in [-0.2, -0.15) is 0 Å². The molecule has 2 heteroatoms. The van der Waals surface area contributed by atoms with Crippen LogP contribution >= 0.6 is 0 Å². The summed E-state index contributed by atoms with van der Waals surface area (Å²) >= 11 is 0. The number of aliphatic hydroxyl groups excluding tert-OH is 2. The molecule has 0 radical (unpaired) electrons. The Kier molecular flexibility index (Phi) is 7.31. The van der Waals surface area contributed by atoms with Gasteiger partial charge in [0.1, 0.15) is 0 Å². The summed E-state index contributed by atoms with van der Waals surface area (Å²) in [7, 11) is 0. The first-order valence-corrected chi connectivity index (χ1v) is 8.27. The molecule has 0 aromatic rings.